The number of benzene rings is 1. The second-order valence-electron chi connectivity index (χ2n) is 3.36. The first-order valence-corrected chi connectivity index (χ1v) is 4.42. The maximum Gasteiger partial charge on any atom is 0.435 e. The van der Waals surface area contributed by atoms with Crippen molar-refractivity contribution >= 4 is 6.29 Å². The van der Waals surface area contributed by atoms with E-state index in [1.54, 1.807) is 0 Å². The minimum absolute atomic E-state index is 0.263. The molecule has 1 aromatic carbocycles. The summed E-state index contributed by atoms with van der Waals surface area (Å²) < 4.78 is 87.9. The van der Waals surface area contributed by atoms with Gasteiger partial charge in [-0.25, -0.2) is 4.39 Å². The van der Waals surface area contributed by atoms with Crippen molar-refractivity contribution < 1.29 is 35.5 Å². The first-order valence-electron chi connectivity index (χ1n) is 4.42. The van der Waals surface area contributed by atoms with Gasteiger partial charge in [-0.05, 0) is 0 Å². The highest BCUT2D eigenvalue weighted by Crippen LogP contribution is 2.53. The number of carbonyl (C=O) groups is 1. The highest BCUT2D eigenvalue weighted by Gasteiger charge is 2.74. The molecule has 1 aromatic rings. The first kappa shape index (κ1) is 14.5. The van der Waals surface area contributed by atoms with Gasteiger partial charge in [0, 0.05) is 11.1 Å². The summed E-state index contributed by atoms with van der Waals surface area (Å²) >= 11 is 0. The minimum Gasteiger partial charge on any atom is -0.298 e. The van der Waals surface area contributed by atoms with E-state index in [0.717, 1.165) is 12.1 Å². The lowest BCUT2D eigenvalue weighted by Gasteiger charge is -2.31. The minimum atomic E-state index is -6.22. The van der Waals surface area contributed by atoms with Crippen LogP contribution >= 0.6 is 0 Å². The smallest absolute Gasteiger partial charge is 0.298 e. The van der Waals surface area contributed by atoms with Crippen LogP contribution < -0.4 is 0 Å². The van der Waals surface area contributed by atoms with Crippen LogP contribution in [0.1, 0.15) is 15.9 Å². The summed E-state index contributed by atoms with van der Waals surface area (Å²) in [6, 6.07) is 2.77. The van der Waals surface area contributed by atoms with Crippen LogP contribution in [0.5, 0.6) is 0 Å². The summed E-state index contributed by atoms with van der Waals surface area (Å²) in [5.41, 5.74) is -8.34. The standard InChI is InChI=1S/C10H5F7O/c11-8(9(12,13)14,10(15,16)17)7-4-2-1-3-6(7)5-18/h1-5H. The number of rotatable bonds is 2. The molecule has 0 spiro atoms. The number of hydrogen-bond acceptors (Lipinski definition) is 1. The summed E-state index contributed by atoms with van der Waals surface area (Å²) in [5, 5.41) is 0. The molecule has 1 rings (SSSR count). The van der Waals surface area contributed by atoms with Crippen LogP contribution in [0, 0.1) is 0 Å². The fourth-order valence-corrected chi connectivity index (χ4v) is 1.38. The van der Waals surface area contributed by atoms with Crippen molar-refractivity contribution in [1.29, 1.82) is 0 Å². The molecule has 1 nitrogen and oxygen atoms in total. The molecule has 0 fully saturated rings. The lowest BCUT2D eigenvalue weighted by Crippen LogP contribution is -2.50. The van der Waals surface area contributed by atoms with Crippen molar-refractivity contribution in [3.8, 4) is 0 Å². The lowest BCUT2D eigenvalue weighted by atomic mass is 9.90. The topological polar surface area (TPSA) is 17.1 Å². The van der Waals surface area contributed by atoms with Crippen LogP contribution in [-0.2, 0) is 5.67 Å². The SMILES string of the molecule is O=Cc1ccccc1C(F)(C(F)(F)F)C(F)(F)F. The normalized spacial score (nSPS) is 13.5. The van der Waals surface area contributed by atoms with Crippen molar-refractivity contribution in [2.45, 2.75) is 18.0 Å². The van der Waals surface area contributed by atoms with Crippen LogP contribution in [0.3, 0.4) is 0 Å². The molecule has 18 heavy (non-hydrogen) atoms. The third-order valence-electron chi connectivity index (χ3n) is 2.24. The molecule has 0 bridgehead atoms. The van der Waals surface area contributed by atoms with Gasteiger partial charge >= 0.3 is 18.0 Å². The molecular weight excluding hydrogens is 269 g/mol. The van der Waals surface area contributed by atoms with E-state index in [0.29, 0.717) is 6.07 Å². The van der Waals surface area contributed by atoms with Crippen LogP contribution in [0.25, 0.3) is 0 Å². The Morgan fingerprint density at radius 2 is 1.28 bits per heavy atom. The van der Waals surface area contributed by atoms with Crippen molar-refractivity contribution in [2.75, 3.05) is 0 Å². The van der Waals surface area contributed by atoms with E-state index in [4.69, 9.17) is 0 Å². The fourth-order valence-electron chi connectivity index (χ4n) is 1.38. The number of carbonyl (C=O) groups excluding carboxylic acids is 1. The molecule has 0 aromatic heterocycles. The zero-order valence-corrected chi connectivity index (χ0v) is 8.44. The molecule has 0 saturated heterocycles. The van der Waals surface area contributed by atoms with Gasteiger partial charge in [-0.3, -0.25) is 4.79 Å². The van der Waals surface area contributed by atoms with Gasteiger partial charge in [-0.2, -0.15) is 26.3 Å². The summed E-state index contributed by atoms with van der Waals surface area (Å²) in [4.78, 5) is 10.4. The Bertz CT molecular complexity index is 432. The Kier molecular flexibility index (Phi) is 3.42. The first-order chi connectivity index (χ1) is 8.05. The lowest BCUT2D eigenvalue weighted by molar-refractivity contribution is -0.348. The summed E-state index contributed by atoms with van der Waals surface area (Å²) in [7, 11) is 0. The average Bonchev–Trinajstić information content (AvgIpc) is 2.24. The van der Waals surface area contributed by atoms with Crippen molar-refractivity contribution in [2.24, 2.45) is 0 Å². The largest absolute Gasteiger partial charge is 0.435 e. The monoisotopic (exact) mass is 274 g/mol. The van der Waals surface area contributed by atoms with Gasteiger partial charge in [0.25, 0.3) is 0 Å². The molecule has 100 valence electrons. The predicted molar refractivity (Wildman–Crippen MR) is 46.7 cm³/mol. The molecule has 0 aliphatic carbocycles. The molecule has 0 aliphatic rings. The zero-order valence-electron chi connectivity index (χ0n) is 8.44. The Hall–Kier alpha value is -1.60. The Morgan fingerprint density at radius 3 is 1.67 bits per heavy atom. The molecule has 0 atom stereocenters. The second kappa shape index (κ2) is 4.25. The van der Waals surface area contributed by atoms with Crippen molar-refractivity contribution in [3.63, 3.8) is 0 Å². The van der Waals surface area contributed by atoms with E-state index >= 15 is 0 Å². The van der Waals surface area contributed by atoms with Crippen molar-refractivity contribution in [1.82, 2.24) is 0 Å². The number of aldehydes is 1. The maximum absolute atomic E-state index is 13.6. The van der Waals surface area contributed by atoms with E-state index in [1.165, 1.54) is 0 Å². The van der Waals surface area contributed by atoms with Gasteiger partial charge in [-0.1, -0.05) is 24.3 Å². The van der Waals surface area contributed by atoms with Gasteiger partial charge in [0.1, 0.15) is 6.29 Å². The van der Waals surface area contributed by atoms with E-state index in [-0.39, 0.29) is 12.4 Å². The van der Waals surface area contributed by atoms with Gasteiger partial charge in [0.05, 0.1) is 0 Å². The zero-order chi connectivity index (χ0) is 14.2. The van der Waals surface area contributed by atoms with E-state index in [9.17, 15) is 35.5 Å². The van der Waals surface area contributed by atoms with Crippen LogP contribution in [0.2, 0.25) is 0 Å². The molecule has 0 amide bonds. The summed E-state index contributed by atoms with van der Waals surface area (Å²) in [6.07, 6.45) is -12.7. The number of alkyl halides is 7. The van der Waals surface area contributed by atoms with E-state index < -0.39 is 29.1 Å². The average molecular weight is 274 g/mol. The third-order valence-corrected chi connectivity index (χ3v) is 2.24. The number of hydrogen-bond donors (Lipinski definition) is 0. The quantitative estimate of drug-likeness (QED) is 0.592. The molecule has 0 radical (unpaired) electrons. The summed E-state index contributed by atoms with van der Waals surface area (Å²) in [5.74, 6) is 0. The van der Waals surface area contributed by atoms with Gasteiger partial charge in [0.15, 0.2) is 0 Å². The highest BCUT2D eigenvalue weighted by atomic mass is 19.4. The molecule has 0 aliphatic heterocycles. The molecule has 0 N–H and O–H groups in total. The van der Waals surface area contributed by atoms with Gasteiger partial charge < -0.3 is 0 Å². The molecular formula is C10H5F7O. The molecule has 0 unspecified atom stereocenters. The van der Waals surface area contributed by atoms with E-state index in [2.05, 4.69) is 0 Å². The summed E-state index contributed by atoms with van der Waals surface area (Å²) in [6.45, 7) is 0. The maximum atomic E-state index is 13.6. The Balaban J connectivity index is 3.61. The fraction of sp³-hybridized carbons (Fsp3) is 0.300. The predicted octanol–water partition coefficient (Wildman–Crippen LogP) is 3.79. The van der Waals surface area contributed by atoms with Crippen molar-refractivity contribution in [3.05, 3.63) is 35.4 Å². The Labute approximate surface area is 96.2 Å². The highest BCUT2D eigenvalue weighted by molar-refractivity contribution is 5.78. The van der Waals surface area contributed by atoms with Gasteiger partial charge in [0.2, 0.25) is 0 Å². The van der Waals surface area contributed by atoms with Crippen LogP contribution in [0.15, 0.2) is 24.3 Å². The molecule has 0 heterocycles. The second-order valence-corrected chi connectivity index (χ2v) is 3.36. The third kappa shape index (κ3) is 2.06. The molecule has 8 heteroatoms. The molecule has 0 saturated carbocycles. The van der Waals surface area contributed by atoms with Crippen LogP contribution in [0.4, 0.5) is 30.7 Å². The van der Waals surface area contributed by atoms with E-state index in [1.807, 2.05) is 0 Å². The van der Waals surface area contributed by atoms with Gasteiger partial charge in [-0.15, -0.1) is 0 Å². The number of halogens is 7. The van der Waals surface area contributed by atoms with Crippen LogP contribution in [-0.4, -0.2) is 18.6 Å². The Morgan fingerprint density at radius 1 is 0.833 bits per heavy atom.